The van der Waals surface area contributed by atoms with Crippen molar-refractivity contribution in [1.82, 2.24) is 40.1 Å². The molecule has 0 radical (unpaired) electrons. The number of aromatic nitrogens is 6. The largest absolute Gasteiger partial charge is 0.445 e. The zero-order chi connectivity index (χ0) is 49.1. The summed E-state index contributed by atoms with van der Waals surface area (Å²) < 4.78 is 5.53. The van der Waals surface area contributed by atoms with Gasteiger partial charge in [0.1, 0.15) is 6.61 Å². The van der Waals surface area contributed by atoms with Gasteiger partial charge in [-0.15, -0.1) is 0 Å². The fourth-order valence-electron chi connectivity index (χ4n) is 11.8. The van der Waals surface area contributed by atoms with Crippen LogP contribution in [0.25, 0.3) is 44.3 Å². The Hall–Kier alpha value is -5.69. The predicted octanol–water partition coefficient (Wildman–Crippen LogP) is 14.1. The van der Waals surface area contributed by atoms with E-state index in [-0.39, 0.29) is 6.09 Å². The lowest BCUT2D eigenvalue weighted by molar-refractivity contribution is 0.0805. The Morgan fingerprint density at radius 2 is 1.08 bits per heavy atom. The van der Waals surface area contributed by atoms with Crippen LogP contribution in [0.4, 0.5) is 16.7 Å². The van der Waals surface area contributed by atoms with Crippen molar-refractivity contribution in [3.8, 4) is 22.5 Å². The molecule has 3 aromatic carbocycles. The summed E-state index contributed by atoms with van der Waals surface area (Å²) in [4.78, 5) is 39.7. The number of H-pyrrole nitrogens is 2. The maximum Gasteiger partial charge on any atom is 0.410 e. The van der Waals surface area contributed by atoms with Crippen molar-refractivity contribution >= 4 is 63.0 Å². The first-order chi connectivity index (χ1) is 35.4. The van der Waals surface area contributed by atoms with Crippen molar-refractivity contribution in [3.05, 3.63) is 119 Å². The number of likely N-dealkylation sites (tertiary alicyclic amines) is 1. The van der Waals surface area contributed by atoms with Gasteiger partial charge in [-0.1, -0.05) is 141 Å². The van der Waals surface area contributed by atoms with E-state index >= 15 is 0 Å². The summed E-state index contributed by atoms with van der Waals surface area (Å²) in [5.41, 5.74) is 6.73. The molecular formula is C58H70Cl2N10O2. The Morgan fingerprint density at radius 1 is 0.597 bits per heavy atom. The van der Waals surface area contributed by atoms with E-state index in [9.17, 15) is 4.79 Å². The molecule has 4 fully saturated rings. The number of nitrogens with one attached hydrogen (secondary N) is 5. The number of ether oxygens (including phenoxy) is 1. The highest BCUT2D eigenvalue weighted by Gasteiger charge is 2.28. The molecule has 4 atom stereocenters. The van der Waals surface area contributed by atoms with Gasteiger partial charge < -0.3 is 35.6 Å². The third-order valence-corrected chi connectivity index (χ3v) is 16.5. The van der Waals surface area contributed by atoms with Crippen molar-refractivity contribution in [2.24, 2.45) is 23.7 Å². The maximum atomic E-state index is 12.5. The van der Waals surface area contributed by atoms with Crippen LogP contribution in [-0.4, -0.2) is 79.2 Å². The fraction of sp³-hybridized carbons (Fsp3) is 0.466. The molecule has 5 N–H and O–H groups in total. The van der Waals surface area contributed by atoms with E-state index in [0.717, 1.165) is 100 Å². The average molecular weight is 1010 g/mol. The summed E-state index contributed by atoms with van der Waals surface area (Å²) in [5, 5.41) is 14.1. The standard InChI is InChI=1S/C33H38ClN5O2.C25H32ClN5/c34-29-21-36-32(38-31(29)28-20-35-30-12-5-4-11-27(28)30)37-26-10-6-9-24(19-26)14-13-23-15-17-39(18-16-23)33(40)41-22-25-7-2-1-3-8-25;26-22-16-29-25(31-24(22)21-15-28-23-7-2-1-6-20(21)23)30-19-5-3-4-18(14-19)9-8-17-10-12-27-13-11-17/h1-5,7-8,11-12,20-21,23-24,26,35H,6,9-10,13-19,22H2,(H,36,37,38);1-2,6-7,15-19,27-28H,3-5,8-14H2,(H,29,30,31)/t24-,26-;18-,19-/m11/s1. The van der Waals surface area contributed by atoms with Gasteiger partial charge in [-0.25, -0.2) is 24.7 Å². The van der Waals surface area contributed by atoms with Gasteiger partial charge in [0, 0.05) is 70.5 Å². The second-order valence-corrected chi connectivity index (χ2v) is 21.7. The molecule has 2 saturated heterocycles. The molecule has 0 bridgehead atoms. The number of rotatable bonds is 14. The van der Waals surface area contributed by atoms with Crippen LogP contribution in [0.15, 0.2) is 104 Å². The first-order valence-corrected chi connectivity index (χ1v) is 27.5. The molecule has 11 rings (SSSR count). The van der Waals surface area contributed by atoms with E-state index < -0.39 is 0 Å². The fourth-order valence-corrected chi connectivity index (χ4v) is 12.2. The van der Waals surface area contributed by atoms with Crippen LogP contribution in [0.3, 0.4) is 0 Å². The van der Waals surface area contributed by atoms with Crippen molar-refractivity contribution in [2.45, 2.75) is 121 Å². The molecule has 2 aliphatic heterocycles. The Labute approximate surface area is 434 Å². The number of amides is 1. The molecule has 7 aromatic rings. The molecule has 12 nitrogen and oxygen atoms in total. The number of hydrogen-bond acceptors (Lipinski definition) is 9. The zero-order valence-corrected chi connectivity index (χ0v) is 42.9. The van der Waals surface area contributed by atoms with Crippen LogP contribution in [0.2, 0.25) is 10.0 Å². The number of piperidine rings is 2. The van der Waals surface area contributed by atoms with E-state index in [4.69, 9.17) is 37.9 Å². The van der Waals surface area contributed by atoms with Crippen molar-refractivity contribution < 1.29 is 9.53 Å². The number of fused-ring (bicyclic) bond motifs is 2. The molecule has 14 heteroatoms. The number of carbonyl (C=O) groups is 1. The lowest BCUT2D eigenvalue weighted by atomic mass is 9.80. The van der Waals surface area contributed by atoms with Gasteiger partial charge in [0.05, 0.1) is 33.8 Å². The highest BCUT2D eigenvalue weighted by molar-refractivity contribution is 6.33. The van der Waals surface area contributed by atoms with Gasteiger partial charge in [-0.3, -0.25) is 0 Å². The monoisotopic (exact) mass is 1010 g/mol. The molecule has 6 heterocycles. The van der Waals surface area contributed by atoms with E-state index in [1.165, 1.54) is 90.1 Å². The minimum atomic E-state index is -0.189. The number of aromatic amines is 2. The number of halogens is 2. The topological polar surface area (TPSA) is 149 Å². The Morgan fingerprint density at radius 3 is 1.62 bits per heavy atom. The van der Waals surface area contributed by atoms with Crippen LogP contribution in [-0.2, 0) is 11.3 Å². The van der Waals surface area contributed by atoms with Gasteiger partial charge in [-0.05, 0) is 106 Å². The van der Waals surface area contributed by atoms with Crippen molar-refractivity contribution in [3.63, 3.8) is 0 Å². The Balaban J connectivity index is 0.000000172. The molecule has 4 aliphatic rings. The van der Waals surface area contributed by atoms with E-state index in [1.54, 1.807) is 12.4 Å². The molecule has 378 valence electrons. The molecule has 0 spiro atoms. The molecule has 4 aromatic heterocycles. The summed E-state index contributed by atoms with van der Waals surface area (Å²) in [6.07, 6.45) is 27.1. The number of hydrogen-bond donors (Lipinski definition) is 5. The van der Waals surface area contributed by atoms with Gasteiger partial charge >= 0.3 is 6.09 Å². The number of anilines is 2. The van der Waals surface area contributed by atoms with Gasteiger partial charge in [-0.2, -0.15) is 0 Å². The lowest BCUT2D eigenvalue weighted by Crippen LogP contribution is -2.39. The SMILES string of the molecule is Clc1cnc(N[C@@H]2CCC[C@H](CCC3CCNCC3)C2)nc1-c1c[nH]c2ccccc12.O=C(OCc1ccccc1)N1CCC(CC[C@H]2CCC[C@@H](Nc3ncc(Cl)c(-c4c[nH]c5ccccc45)n3)C2)CC1. The minimum Gasteiger partial charge on any atom is -0.445 e. The van der Waals surface area contributed by atoms with E-state index in [0.29, 0.717) is 52.5 Å². The minimum absolute atomic E-state index is 0.189. The predicted molar refractivity (Wildman–Crippen MR) is 292 cm³/mol. The van der Waals surface area contributed by atoms with Crippen molar-refractivity contribution in [1.29, 1.82) is 0 Å². The third-order valence-electron chi connectivity index (χ3n) is 15.9. The Kier molecular flexibility index (Phi) is 16.9. The number of carbonyl (C=O) groups excluding carboxylic acids is 1. The van der Waals surface area contributed by atoms with Gasteiger partial charge in [0.2, 0.25) is 11.9 Å². The number of para-hydroxylation sites is 2. The van der Waals surface area contributed by atoms with Crippen LogP contribution < -0.4 is 16.0 Å². The van der Waals surface area contributed by atoms with Gasteiger partial charge in [0.15, 0.2) is 0 Å². The second-order valence-electron chi connectivity index (χ2n) is 20.8. The third kappa shape index (κ3) is 12.9. The smallest absolute Gasteiger partial charge is 0.410 e. The summed E-state index contributed by atoms with van der Waals surface area (Å²) in [5.74, 6) is 4.46. The molecule has 2 saturated carbocycles. The van der Waals surface area contributed by atoms with Gasteiger partial charge in [0.25, 0.3) is 0 Å². The quantitative estimate of drug-likeness (QED) is 0.0718. The summed E-state index contributed by atoms with van der Waals surface area (Å²) in [6.45, 7) is 4.32. The van der Waals surface area contributed by atoms with E-state index in [2.05, 4.69) is 60.2 Å². The van der Waals surface area contributed by atoms with Crippen LogP contribution >= 0.6 is 23.2 Å². The number of benzene rings is 3. The first kappa shape index (κ1) is 49.9. The number of nitrogens with zero attached hydrogens (tertiary/aromatic N) is 5. The summed E-state index contributed by atoms with van der Waals surface area (Å²) in [7, 11) is 0. The first-order valence-electron chi connectivity index (χ1n) is 26.8. The Bertz CT molecular complexity index is 2840. The zero-order valence-electron chi connectivity index (χ0n) is 41.4. The van der Waals surface area contributed by atoms with Crippen LogP contribution in [0.5, 0.6) is 0 Å². The highest BCUT2D eigenvalue weighted by Crippen LogP contribution is 2.37. The highest BCUT2D eigenvalue weighted by atomic mass is 35.5. The second kappa shape index (κ2) is 24.4. The van der Waals surface area contributed by atoms with Crippen molar-refractivity contribution in [2.75, 3.05) is 36.8 Å². The van der Waals surface area contributed by atoms with E-state index in [1.807, 2.05) is 71.9 Å². The van der Waals surface area contributed by atoms with Crippen LogP contribution in [0, 0.1) is 23.7 Å². The average Bonchev–Trinajstić information content (AvgIpc) is 4.06. The summed E-state index contributed by atoms with van der Waals surface area (Å²) in [6, 6.07) is 27.1. The maximum absolute atomic E-state index is 12.5. The molecule has 0 unspecified atom stereocenters. The normalized spacial score (nSPS) is 21.0. The molecule has 72 heavy (non-hydrogen) atoms. The molecule has 1 amide bonds. The summed E-state index contributed by atoms with van der Waals surface area (Å²) >= 11 is 13.0. The molecule has 2 aliphatic carbocycles. The van der Waals surface area contributed by atoms with Crippen LogP contribution in [0.1, 0.15) is 108 Å². The lowest BCUT2D eigenvalue weighted by Gasteiger charge is -2.34. The molecular weight excluding hydrogens is 940 g/mol.